The van der Waals surface area contributed by atoms with E-state index in [-0.39, 0.29) is 12.1 Å². The van der Waals surface area contributed by atoms with E-state index < -0.39 is 0 Å². The smallest absolute Gasteiger partial charge is 0.213 e. The highest BCUT2D eigenvalue weighted by Gasteiger charge is 2.22. The fourth-order valence-electron chi connectivity index (χ4n) is 3.45. The zero-order valence-corrected chi connectivity index (χ0v) is 14.2. The summed E-state index contributed by atoms with van der Waals surface area (Å²) in [5.74, 6) is 0.576. The van der Waals surface area contributed by atoms with Gasteiger partial charge in [-0.2, -0.15) is 0 Å². The van der Waals surface area contributed by atoms with Gasteiger partial charge in [0.05, 0.1) is 36.8 Å². The lowest BCUT2D eigenvalue weighted by atomic mass is 9.92. The summed E-state index contributed by atoms with van der Waals surface area (Å²) in [5.41, 5.74) is 3.83. The summed E-state index contributed by atoms with van der Waals surface area (Å²) in [4.78, 5) is 8.64. The van der Waals surface area contributed by atoms with E-state index in [0.29, 0.717) is 5.88 Å². The van der Waals surface area contributed by atoms with Gasteiger partial charge in [0, 0.05) is 24.0 Å². The number of rotatable bonds is 4. The predicted molar refractivity (Wildman–Crippen MR) is 96.9 cm³/mol. The molecule has 0 aliphatic heterocycles. The molecule has 0 spiro atoms. The summed E-state index contributed by atoms with van der Waals surface area (Å²) in [6.07, 6.45) is 9.46. The van der Waals surface area contributed by atoms with Crippen molar-refractivity contribution in [2.24, 2.45) is 0 Å². The Morgan fingerprint density at radius 2 is 2.08 bits per heavy atom. The summed E-state index contributed by atoms with van der Waals surface area (Å²) >= 11 is 0. The van der Waals surface area contributed by atoms with E-state index in [0.717, 1.165) is 48.3 Å². The fourth-order valence-corrected chi connectivity index (χ4v) is 3.45. The second-order valence-corrected chi connectivity index (χ2v) is 6.48. The second kappa shape index (κ2) is 6.72. The molecule has 1 saturated carbocycles. The average Bonchev–Trinajstić information content (AvgIpc) is 3.07. The van der Waals surface area contributed by atoms with Crippen molar-refractivity contribution in [1.82, 2.24) is 14.4 Å². The third-order valence-corrected chi connectivity index (χ3v) is 4.83. The Labute approximate surface area is 146 Å². The van der Waals surface area contributed by atoms with Gasteiger partial charge in [-0.3, -0.25) is 4.40 Å². The van der Waals surface area contributed by atoms with Crippen molar-refractivity contribution in [3.8, 4) is 17.1 Å². The van der Waals surface area contributed by atoms with Crippen molar-refractivity contribution in [2.75, 3.05) is 12.4 Å². The number of fused-ring (bicyclic) bond motifs is 1. The van der Waals surface area contributed by atoms with Crippen LogP contribution >= 0.6 is 0 Å². The van der Waals surface area contributed by atoms with Crippen LogP contribution in [0.25, 0.3) is 16.9 Å². The quantitative estimate of drug-likeness (QED) is 0.765. The Hall–Kier alpha value is -2.60. The first kappa shape index (κ1) is 15.9. The lowest BCUT2D eigenvalue weighted by molar-refractivity contribution is 0.116. The van der Waals surface area contributed by atoms with Gasteiger partial charge in [0.2, 0.25) is 5.88 Å². The molecule has 2 unspecified atom stereocenters. The van der Waals surface area contributed by atoms with E-state index in [1.807, 2.05) is 41.1 Å². The Balaban J connectivity index is 1.67. The minimum Gasteiger partial charge on any atom is -0.481 e. The standard InChI is InChI=1S/C19H22N4O2/c1-25-19-10-13(8-9-20-19)16-11-21-18-7-6-14(12-23(16)18)22-15-4-2-3-5-17(15)24/h6-12,15,17,22,24H,2-5H2,1H3. The van der Waals surface area contributed by atoms with E-state index in [9.17, 15) is 5.11 Å². The van der Waals surface area contributed by atoms with E-state index in [1.165, 1.54) is 0 Å². The maximum absolute atomic E-state index is 10.2. The molecule has 0 saturated heterocycles. The molecule has 3 aromatic heterocycles. The van der Waals surface area contributed by atoms with Crippen molar-refractivity contribution in [3.05, 3.63) is 42.9 Å². The summed E-state index contributed by atoms with van der Waals surface area (Å²) in [6, 6.07) is 7.95. The molecule has 0 aromatic carbocycles. The third-order valence-electron chi connectivity index (χ3n) is 4.83. The molecule has 1 aliphatic rings. The third kappa shape index (κ3) is 3.17. The molecular formula is C19H22N4O2. The zero-order chi connectivity index (χ0) is 17.2. The number of aromatic nitrogens is 3. The molecule has 6 heteroatoms. The van der Waals surface area contributed by atoms with Crippen LogP contribution < -0.4 is 10.1 Å². The minimum atomic E-state index is -0.281. The van der Waals surface area contributed by atoms with Crippen LogP contribution in [0.3, 0.4) is 0 Å². The number of hydrogen-bond acceptors (Lipinski definition) is 5. The van der Waals surface area contributed by atoms with E-state index in [4.69, 9.17) is 4.74 Å². The number of anilines is 1. The van der Waals surface area contributed by atoms with Gasteiger partial charge in [0.25, 0.3) is 0 Å². The van der Waals surface area contributed by atoms with Crippen LogP contribution in [0.2, 0.25) is 0 Å². The summed E-state index contributed by atoms with van der Waals surface area (Å²) in [6.45, 7) is 0. The van der Waals surface area contributed by atoms with Crippen molar-refractivity contribution < 1.29 is 9.84 Å². The molecule has 0 bridgehead atoms. The van der Waals surface area contributed by atoms with Crippen molar-refractivity contribution >= 4 is 11.3 Å². The average molecular weight is 338 g/mol. The summed E-state index contributed by atoms with van der Waals surface area (Å²) < 4.78 is 7.27. The van der Waals surface area contributed by atoms with E-state index in [2.05, 4.69) is 15.3 Å². The van der Waals surface area contributed by atoms with Crippen LogP contribution in [0, 0.1) is 0 Å². The lowest BCUT2D eigenvalue weighted by Crippen LogP contribution is -2.36. The normalized spacial score (nSPS) is 20.6. The van der Waals surface area contributed by atoms with Gasteiger partial charge in [-0.05, 0) is 31.0 Å². The number of pyridine rings is 2. The van der Waals surface area contributed by atoms with Crippen LogP contribution in [0.4, 0.5) is 5.69 Å². The molecule has 1 fully saturated rings. The predicted octanol–water partition coefficient (Wildman–Crippen LogP) is 3.12. The Morgan fingerprint density at radius 1 is 1.20 bits per heavy atom. The number of nitrogens with one attached hydrogen (secondary N) is 1. The van der Waals surface area contributed by atoms with Gasteiger partial charge in [-0.25, -0.2) is 9.97 Å². The number of aliphatic hydroxyl groups excluding tert-OH is 1. The fraction of sp³-hybridized carbons (Fsp3) is 0.368. The molecule has 6 nitrogen and oxygen atoms in total. The Bertz CT molecular complexity index is 877. The van der Waals surface area contributed by atoms with Gasteiger partial charge < -0.3 is 15.2 Å². The highest BCUT2D eigenvalue weighted by molar-refractivity contribution is 5.66. The van der Waals surface area contributed by atoms with E-state index in [1.54, 1.807) is 13.3 Å². The van der Waals surface area contributed by atoms with Gasteiger partial charge in [0.15, 0.2) is 0 Å². The first-order valence-electron chi connectivity index (χ1n) is 8.67. The molecule has 0 amide bonds. The van der Waals surface area contributed by atoms with Crippen molar-refractivity contribution in [1.29, 1.82) is 0 Å². The molecule has 2 atom stereocenters. The number of methoxy groups -OCH3 is 1. The highest BCUT2D eigenvalue weighted by Crippen LogP contribution is 2.26. The number of hydrogen-bond donors (Lipinski definition) is 2. The molecule has 25 heavy (non-hydrogen) atoms. The molecule has 1 aliphatic carbocycles. The maximum atomic E-state index is 10.2. The largest absolute Gasteiger partial charge is 0.481 e. The topological polar surface area (TPSA) is 71.7 Å². The van der Waals surface area contributed by atoms with Gasteiger partial charge in [-0.1, -0.05) is 12.8 Å². The van der Waals surface area contributed by atoms with Gasteiger partial charge >= 0.3 is 0 Å². The molecular weight excluding hydrogens is 316 g/mol. The van der Waals surface area contributed by atoms with Crippen LogP contribution in [-0.4, -0.2) is 38.7 Å². The maximum Gasteiger partial charge on any atom is 0.213 e. The SMILES string of the molecule is COc1cc(-c2cnc3ccc(NC4CCCCC4O)cn23)ccn1. The summed E-state index contributed by atoms with van der Waals surface area (Å²) in [7, 11) is 1.61. The first-order valence-corrected chi connectivity index (χ1v) is 8.67. The van der Waals surface area contributed by atoms with Gasteiger partial charge in [-0.15, -0.1) is 0 Å². The van der Waals surface area contributed by atoms with Crippen LogP contribution in [0.1, 0.15) is 25.7 Å². The first-order chi connectivity index (χ1) is 12.2. The minimum absolute atomic E-state index is 0.110. The molecule has 0 radical (unpaired) electrons. The molecule has 3 aromatic rings. The number of nitrogens with zero attached hydrogens (tertiary/aromatic N) is 3. The number of aliphatic hydroxyl groups is 1. The molecule has 4 rings (SSSR count). The zero-order valence-electron chi connectivity index (χ0n) is 14.2. The summed E-state index contributed by atoms with van der Waals surface area (Å²) in [5, 5.41) is 13.7. The molecule has 3 heterocycles. The molecule has 130 valence electrons. The Morgan fingerprint density at radius 3 is 2.92 bits per heavy atom. The number of ether oxygens (including phenoxy) is 1. The highest BCUT2D eigenvalue weighted by atomic mass is 16.5. The van der Waals surface area contributed by atoms with Crippen LogP contribution in [0.15, 0.2) is 42.9 Å². The van der Waals surface area contributed by atoms with E-state index >= 15 is 0 Å². The van der Waals surface area contributed by atoms with Crippen LogP contribution in [0.5, 0.6) is 5.88 Å². The van der Waals surface area contributed by atoms with Gasteiger partial charge in [0.1, 0.15) is 5.65 Å². The van der Waals surface area contributed by atoms with Crippen molar-refractivity contribution in [3.63, 3.8) is 0 Å². The number of imidazole rings is 1. The molecule has 2 N–H and O–H groups in total. The Kier molecular flexibility index (Phi) is 4.28. The monoisotopic (exact) mass is 338 g/mol. The lowest BCUT2D eigenvalue weighted by Gasteiger charge is -2.29. The van der Waals surface area contributed by atoms with Crippen molar-refractivity contribution in [2.45, 2.75) is 37.8 Å². The second-order valence-electron chi connectivity index (χ2n) is 6.48. The van der Waals surface area contributed by atoms with Crippen LogP contribution in [-0.2, 0) is 0 Å².